The fraction of sp³-hybridized carbons (Fsp3) is 0.538. The summed E-state index contributed by atoms with van der Waals surface area (Å²) in [6.45, 7) is 4.55. The van der Waals surface area contributed by atoms with Crippen LogP contribution in [0.2, 0.25) is 0 Å². The van der Waals surface area contributed by atoms with Crippen molar-refractivity contribution in [2.24, 2.45) is 0 Å². The Morgan fingerprint density at radius 3 is 2.53 bits per heavy atom. The Bertz CT molecular complexity index is 268. The van der Waals surface area contributed by atoms with Crippen molar-refractivity contribution < 1.29 is 0 Å². The monoisotopic (exact) mass is 223 g/mol. The summed E-state index contributed by atoms with van der Waals surface area (Å²) < 4.78 is 0. The molecule has 0 saturated carbocycles. The fourth-order valence-electron chi connectivity index (χ4n) is 1.36. The van der Waals surface area contributed by atoms with Crippen LogP contribution >= 0.6 is 11.8 Å². The second-order valence-corrected chi connectivity index (χ2v) is 5.48. The van der Waals surface area contributed by atoms with Gasteiger partial charge in [-0.15, -0.1) is 0 Å². The molecule has 0 amide bonds. The van der Waals surface area contributed by atoms with Gasteiger partial charge in [0.25, 0.3) is 0 Å². The fourth-order valence-corrected chi connectivity index (χ4v) is 2.31. The molecule has 84 valence electrons. The molecular weight excluding hydrogens is 202 g/mol. The first-order valence-corrected chi connectivity index (χ1v) is 6.73. The summed E-state index contributed by atoms with van der Waals surface area (Å²) in [6, 6.07) is 8.22. The van der Waals surface area contributed by atoms with Crippen molar-refractivity contribution in [3.8, 4) is 0 Å². The zero-order valence-electron chi connectivity index (χ0n) is 9.70. The van der Waals surface area contributed by atoms with Gasteiger partial charge in [0.2, 0.25) is 0 Å². The average Bonchev–Trinajstić information content (AvgIpc) is 2.26. The molecule has 1 nitrogen and oxygen atoms in total. The van der Waals surface area contributed by atoms with Crippen LogP contribution in [0.4, 0.5) is 5.69 Å². The first-order chi connectivity index (χ1) is 7.22. The van der Waals surface area contributed by atoms with E-state index >= 15 is 0 Å². The number of thioether (sulfide) groups is 1. The second kappa shape index (κ2) is 6.78. The molecule has 1 rings (SSSR count). The highest BCUT2D eigenvalue weighted by molar-refractivity contribution is 7.99. The maximum atomic E-state index is 5.64. The van der Waals surface area contributed by atoms with Gasteiger partial charge in [0, 0.05) is 10.9 Å². The lowest BCUT2D eigenvalue weighted by Crippen LogP contribution is -1.96. The highest BCUT2D eigenvalue weighted by Gasteiger charge is 1.99. The van der Waals surface area contributed by atoms with E-state index in [9.17, 15) is 0 Å². The second-order valence-electron chi connectivity index (χ2n) is 3.93. The van der Waals surface area contributed by atoms with Gasteiger partial charge in [0.15, 0.2) is 0 Å². The van der Waals surface area contributed by atoms with E-state index in [0.29, 0.717) is 0 Å². The molecule has 0 aliphatic carbocycles. The van der Waals surface area contributed by atoms with Gasteiger partial charge in [0.05, 0.1) is 0 Å². The largest absolute Gasteiger partial charge is 0.399 e. The predicted molar refractivity (Wildman–Crippen MR) is 71.4 cm³/mol. The van der Waals surface area contributed by atoms with Crippen molar-refractivity contribution in [3.05, 3.63) is 29.8 Å². The lowest BCUT2D eigenvalue weighted by Gasteiger charge is -2.07. The summed E-state index contributed by atoms with van der Waals surface area (Å²) in [6.07, 6.45) is 3.70. The smallest absolute Gasteiger partial charge is 0.0314 e. The standard InChI is InChI=1S/C13H21NS/c1-3-11(2)15-10-4-5-12-6-8-13(14)9-7-12/h6-9,11H,3-5,10,14H2,1-2H3. The molecule has 15 heavy (non-hydrogen) atoms. The Hall–Kier alpha value is -0.630. The van der Waals surface area contributed by atoms with E-state index in [1.807, 2.05) is 12.1 Å². The minimum atomic E-state index is 0.802. The summed E-state index contributed by atoms with van der Waals surface area (Å²) in [5, 5.41) is 0.802. The predicted octanol–water partition coefficient (Wildman–Crippen LogP) is 3.73. The molecule has 0 bridgehead atoms. The quantitative estimate of drug-likeness (QED) is 0.587. The number of nitrogen functional groups attached to an aromatic ring is 1. The summed E-state index contributed by atoms with van der Waals surface area (Å²) >= 11 is 2.07. The van der Waals surface area contributed by atoms with Gasteiger partial charge >= 0.3 is 0 Å². The van der Waals surface area contributed by atoms with E-state index in [2.05, 4.69) is 37.7 Å². The molecule has 1 unspecified atom stereocenters. The third kappa shape index (κ3) is 5.12. The van der Waals surface area contributed by atoms with Crippen LogP contribution in [0.1, 0.15) is 32.3 Å². The lowest BCUT2D eigenvalue weighted by molar-refractivity contribution is 0.888. The Morgan fingerprint density at radius 2 is 1.93 bits per heavy atom. The Morgan fingerprint density at radius 1 is 1.27 bits per heavy atom. The molecule has 0 heterocycles. The van der Waals surface area contributed by atoms with Gasteiger partial charge < -0.3 is 5.73 Å². The van der Waals surface area contributed by atoms with Crippen molar-refractivity contribution in [3.63, 3.8) is 0 Å². The molecule has 0 saturated heterocycles. The van der Waals surface area contributed by atoms with Gasteiger partial charge in [-0.05, 0) is 42.7 Å². The molecular formula is C13H21NS. The molecule has 1 aromatic carbocycles. The molecule has 1 aromatic rings. The summed E-state index contributed by atoms with van der Waals surface area (Å²) in [5.74, 6) is 1.26. The Labute approximate surface area is 97.4 Å². The molecule has 1 atom stereocenters. The van der Waals surface area contributed by atoms with E-state index in [0.717, 1.165) is 10.9 Å². The third-order valence-corrected chi connectivity index (χ3v) is 3.99. The molecule has 0 aliphatic heterocycles. The van der Waals surface area contributed by atoms with Gasteiger partial charge in [-0.2, -0.15) is 11.8 Å². The summed E-state index contributed by atoms with van der Waals surface area (Å²) in [5.41, 5.74) is 7.89. The van der Waals surface area contributed by atoms with Crippen LogP contribution in [0.15, 0.2) is 24.3 Å². The maximum Gasteiger partial charge on any atom is 0.0314 e. The molecule has 0 aromatic heterocycles. The number of aryl methyl sites for hydroxylation is 1. The van der Waals surface area contributed by atoms with Gasteiger partial charge in [-0.3, -0.25) is 0 Å². The number of rotatable bonds is 6. The Balaban J connectivity index is 2.17. The topological polar surface area (TPSA) is 26.0 Å². The minimum absolute atomic E-state index is 0.802. The van der Waals surface area contributed by atoms with Crippen LogP contribution in [0, 0.1) is 0 Å². The molecule has 2 N–H and O–H groups in total. The summed E-state index contributed by atoms with van der Waals surface area (Å²) in [4.78, 5) is 0. The normalized spacial score (nSPS) is 12.7. The van der Waals surface area contributed by atoms with E-state index in [1.54, 1.807) is 0 Å². The SMILES string of the molecule is CCC(C)SCCCc1ccc(N)cc1. The van der Waals surface area contributed by atoms with Crippen LogP contribution < -0.4 is 5.73 Å². The van der Waals surface area contributed by atoms with E-state index in [1.165, 1.54) is 30.6 Å². The highest BCUT2D eigenvalue weighted by atomic mass is 32.2. The number of benzene rings is 1. The number of nitrogens with two attached hydrogens (primary N) is 1. The molecule has 2 heteroatoms. The minimum Gasteiger partial charge on any atom is -0.399 e. The van der Waals surface area contributed by atoms with Crippen LogP contribution in [0.25, 0.3) is 0 Å². The third-order valence-electron chi connectivity index (χ3n) is 2.57. The van der Waals surface area contributed by atoms with Crippen LogP contribution in [0.3, 0.4) is 0 Å². The highest BCUT2D eigenvalue weighted by Crippen LogP contribution is 2.16. The zero-order chi connectivity index (χ0) is 11.1. The van der Waals surface area contributed by atoms with Gasteiger partial charge in [-0.25, -0.2) is 0 Å². The number of hydrogen-bond acceptors (Lipinski definition) is 2. The van der Waals surface area contributed by atoms with E-state index in [-0.39, 0.29) is 0 Å². The first-order valence-electron chi connectivity index (χ1n) is 5.68. The summed E-state index contributed by atoms with van der Waals surface area (Å²) in [7, 11) is 0. The Kier molecular flexibility index (Phi) is 5.62. The van der Waals surface area contributed by atoms with Crippen LogP contribution in [-0.4, -0.2) is 11.0 Å². The van der Waals surface area contributed by atoms with Gasteiger partial charge in [0.1, 0.15) is 0 Å². The van der Waals surface area contributed by atoms with Crippen molar-refractivity contribution in [2.75, 3.05) is 11.5 Å². The maximum absolute atomic E-state index is 5.64. The molecule has 0 spiro atoms. The molecule has 0 aliphatic rings. The van der Waals surface area contributed by atoms with Crippen molar-refractivity contribution in [1.82, 2.24) is 0 Å². The van der Waals surface area contributed by atoms with E-state index in [4.69, 9.17) is 5.73 Å². The van der Waals surface area contributed by atoms with Gasteiger partial charge in [-0.1, -0.05) is 26.0 Å². The number of hydrogen-bond donors (Lipinski definition) is 1. The van der Waals surface area contributed by atoms with Crippen LogP contribution in [-0.2, 0) is 6.42 Å². The molecule has 0 radical (unpaired) electrons. The van der Waals surface area contributed by atoms with Crippen molar-refractivity contribution in [2.45, 2.75) is 38.4 Å². The number of anilines is 1. The zero-order valence-corrected chi connectivity index (χ0v) is 10.5. The average molecular weight is 223 g/mol. The van der Waals surface area contributed by atoms with Crippen molar-refractivity contribution >= 4 is 17.4 Å². The lowest BCUT2D eigenvalue weighted by atomic mass is 10.1. The van der Waals surface area contributed by atoms with Crippen LogP contribution in [0.5, 0.6) is 0 Å². The molecule has 0 fully saturated rings. The first kappa shape index (κ1) is 12.4. The van der Waals surface area contributed by atoms with E-state index < -0.39 is 0 Å². The van der Waals surface area contributed by atoms with Crippen molar-refractivity contribution in [1.29, 1.82) is 0 Å².